The number of hydrogen-bond donors (Lipinski definition) is 2. The van der Waals surface area contributed by atoms with Gasteiger partial charge in [0.25, 0.3) is 0 Å². The summed E-state index contributed by atoms with van der Waals surface area (Å²) in [5.41, 5.74) is 8.85. The summed E-state index contributed by atoms with van der Waals surface area (Å²) >= 11 is 0. The summed E-state index contributed by atoms with van der Waals surface area (Å²) < 4.78 is 18.6. The van der Waals surface area contributed by atoms with E-state index in [4.69, 9.17) is 5.73 Å². The number of halogens is 1. The number of benzene rings is 2. The van der Waals surface area contributed by atoms with Crippen LogP contribution in [0.4, 0.5) is 21.5 Å². The van der Waals surface area contributed by atoms with Crippen LogP contribution < -0.4 is 11.1 Å². The second kappa shape index (κ2) is 5.83. The lowest BCUT2D eigenvalue weighted by Gasteiger charge is -2.12. The van der Waals surface area contributed by atoms with Crippen molar-refractivity contribution in [3.63, 3.8) is 0 Å². The molecule has 0 saturated carbocycles. The molecule has 5 heteroatoms. The third-order valence-corrected chi connectivity index (χ3v) is 3.05. The molecule has 0 amide bonds. The van der Waals surface area contributed by atoms with E-state index in [0.717, 1.165) is 22.9 Å². The number of aryl methyl sites for hydroxylation is 2. The first kappa shape index (κ1) is 14.8. The molecule has 0 unspecified atom stereocenters. The predicted octanol–water partition coefficient (Wildman–Crippen LogP) is 3.55. The number of rotatable bonds is 3. The average Bonchev–Trinajstić information content (AvgIpc) is 2.40. The molecule has 0 bridgehead atoms. The molecule has 0 saturated heterocycles. The van der Waals surface area contributed by atoms with Crippen molar-refractivity contribution in [3.05, 3.63) is 52.8 Å². The van der Waals surface area contributed by atoms with Gasteiger partial charge in [-0.15, -0.1) is 0 Å². The lowest BCUT2D eigenvalue weighted by atomic mass is 10.1. The van der Waals surface area contributed by atoms with E-state index < -0.39 is 11.8 Å². The van der Waals surface area contributed by atoms with Crippen LogP contribution in [0.15, 0.2) is 30.3 Å². The van der Waals surface area contributed by atoms with Crippen molar-refractivity contribution in [3.8, 4) is 0 Å². The molecule has 0 spiro atoms. The van der Waals surface area contributed by atoms with Crippen LogP contribution in [0.5, 0.6) is 0 Å². The minimum Gasteiger partial charge on any atom is -0.465 e. The van der Waals surface area contributed by atoms with Gasteiger partial charge in [-0.05, 0) is 49.2 Å². The fourth-order valence-electron chi connectivity index (χ4n) is 2.17. The van der Waals surface area contributed by atoms with Gasteiger partial charge in [0, 0.05) is 11.4 Å². The molecule has 0 aliphatic heterocycles. The molecule has 2 aromatic rings. The molecule has 0 heterocycles. The first-order valence-electron chi connectivity index (χ1n) is 6.43. The van der Waals surface area contributed by atoms with Crippen LogP contribution in [0.2, 0.25) is 0 Å². The molecule has 0 aliphatic carbocycles. The van der Waals surface area contributed by atoms with Gasteiger partial charge in [-0.2, -0.15) is 0 Å². The fourth-order valence-corrected chi connectivity index (χ4v) is 2.17. The zero-order chi connectivity index (χ0) is 15.6. The Hall–Kier alpha value is -2.56. The molecule has 0 fully saturated rings. The summed E-state index contributed by atoms with van der Waals surface area (Å²) in [5, 5.41) is 2.96. The minimum absolute atomic E-state index is 0.0466. The normalized spacial score (nSPS) is 10.3. The van der Waals surface area contributed by atoms with Crippen LogP contribution in [0, 0.1) is 19.7 Å². The SMILES string of the molecule is COC(=O)c1cc(Nc2cc(C)cc(C)c2)c(F)cc1N. The highest BCUT2D eigenvalue weighted by Gasteiger charge is 2.15. The Balaban J connectivity index is 2.41. The second-order valence-electron chi connectivity index (χ2n) is 4.91. The van der Waals surface area contributed by atoms with Crippen molar-refractivity contribution in [1.82, 2.24) is 0 Å². The van der Waals surface area contributed by atoms with Crippen LogP contribution in [-0.2, 0) is 4.74 Å². The molecular weight excluding hydrogens is 271 g/mol. The first-order chi connectivity index (χ1) is 9.90. The maximum Gasteiger partial charge on any atom is 0.340 e. The predicted molar refractivity (Wildman–Crippen MR) is 81.4 cm³/mol. The van der Waals surface area contributed by atoms with Gasteiger partial charge in [0.2, 0.25) is 0 Å². The smallest absolute Gasteiger partial charge is 0.340 e. The van der Waals surface area contributed by atoms with Crippen molar-refractivity contribution in [2.75, 3.05) is 18.2 Å². The van der Waals surface area contributed by atoms with Gasteiger partial charge in [-0.25, -0.2) is 9.18 Å². The molecule has 110 valence electrons. The Morgan fingerprint density at radius 1 is 1.14 bits per heavy atom. The summed E-state index contributed by atoms with van der Waals surface area (Å²) in [6, 6.07) is 8.26. The van der Waals surface area contributed by atoms with Crippen LogP contribution in [-0.4, -0.2) is 13.1 Å². The molecular formula is C16H17FN2O2. The summed E-state index contributed by atoms with van der Waals surface area (Å²) in [6.07, 6.45) is 0. The maximum atomic E-state index is 14.0. The van der Waals surface area contributed by atoms with Crippen molar-refractivity contribution in [2.45, 2.75) is 13.8 Å². The number of nitrogens with one attached hydrogen (secondary N) is 1. The van der Waals surface area contributed by atoms with E-state index in [9.17, 15) is 9.18 Å². The molecule has 0 aromatic heterocycles. The van der Waals surface area contributed by atoms with Crippen molar-refractivity contribution < 1.29 is 13.9 Å². The van der Waals surface area contributed by atoms with Gasteiger partial charge in [0.1, 0.15) is 5.82 Å². The number of carbonyl (C=O) groups is 1. The van der Waals surface area contributed by atoms with Crippen LogP contribution >= 0.6 is 0 Å². The average molecular weight is 288 g/mol. The van der Waals surface area contributed by atoms with Gasteiger partial charge in [0.15, 0.2) is 0 Å². The van der Waals surface area contributed by atoms with E-state index in [0.29, 0.717) is 0 Å². The minimum atomic E-state index is -0.601. The number of nitrogens with two attached hydrogens (primary N) is 1. The lowest BCUT2D eigenvalue weighted by molar-refractivity contribution is 0.0602. The highest BCUT2D eigenvalue weighted by molar-refractivity contribution is 5.96. The topological polar surface area (TPSA) is 64.3 Å². The molecule has 0 radical (unpaired) electrons. The summed E-state index contributed by atoms with van der Waals surface area (Å²) in [6.45, 7) is 3.91. The van der Waals surface area contributed by atoms with Crippen molar-refractivity contribution >= 4 is 23.0 Å². The fraction of sp³-hybridized carbons (Fsp3) is 0.188. The third kappa shape index (κ3) is 3.31. The quantitative estimate of drug-likeness (QED) is 0.669. The number of carbonyl (C=O) groups excluding carboxylic acids is 1. The monoisotopic (exact) mass is 288 g/mol. The number of esters is 1. The van der Waals surface area contributed by atoms with E-state index in [1.165, 1.54) is 13.2 Å². The largest absolute Gasteiger partial charge is 0.465 e. The summed E-state index contributed by atoms with van der Waals surface area (Å²) in [5.74, 6) is -1.13. The zero-order valence-electron chi connectivity index (χ0n) is 12.2. The third-order valence-electron chi connectivity index (χ3n) is 3.05. The number of methoxy groups -OCH3 is 1. The summed E-state index contributed by atoms with van der Waals surface area (Å²) in [7, 11) is 1.25. The van der Waals surface area contributed by atoms with Crippen molar-refractivity contribution in [1.29, 1.82) is 0 Å². The Kier molecular flexibility index (Phi) is 4.12. The number of hydrogen-bond acceptors (Lipinski definition) is 4. The van der Waals surface area contributed by atoms with Gasteiger partial charge in [-0.3, -0.25) is 0 Å². The number of ether oxygens (including phenoxy) is 1. The Labute approximate surface area is 122 Å². The van der Waals surface area contributed by atoms with E-state index in [1.54, 1.807) is 0 Å². The highest BCUT2D eigenvalue weighted by atomic mass is 19.1. The molecule has 0 aliphatic rings. The standard InChI is InChI=1S/C16H17FN2O2/c1-9-4-10(2)6-11(5-9)19-15-7-12(16(20)21-3)14(18)8-13(15)17/h4-8,19H,18H2,1-3H3. The van der Waals surface area contributed by atoms with E-state index in [-0.39, 0.29) is 16.9 Å². The Morgan fingerprint density at radius 3 is 2.33 bits per heavy atom. The van der Waals surface area contributed by atoms with Gasteiger partial charge < -0.3 is 15.8 Å². The maximum absolute atomic E-state index is 14.0. The highest BCUT2D eigenvalue weighted by Crippen LogP contribution is 2.26. The van der Waals surface area contributed by atoms with Crippen LogP contribution in [0.25, 0.3) is 0 Å². The molecule has 2 rings (SSSR count). The van der Waals surface area contributed by atoms with E-state index in [1.807, 2.05) is 32.0 Å². The van der Waals surface area contributed by atoms with E-state index in [2.05, 4.69) is 10.1 Å². The Bertz CT molecular complexity index is 679. The van der Waals surface area contributed by atoms with Gasteiger partial charge >= 0.3 is 5.97 Å². The second-order valence-corrected chi connectivity index (χ2v) is 4.91. The first-order valence-corrected chi connectivity index (χ1v) is 6.43. The van der Waals surface area contributed by atoms with Crippen LogP contribution in [0.3, 0.4) is 0 Å². The summed E-state index contributed by atoms with van der Waals surface area (Å²) in [4.78, 5) is 11.6. The zero-order valence-corrected chi connectivity index (χ0v) is 12.2. The lowest BCUT2D eigenvalue weighted by Crippen LogP contribution is -2.07. The van der Waals surface area contributed by atoms with E-state index >= 15 is 0 Å². The number of anilines is 3. The van der Waals surface area contributed by atoms with Crippen LogP contribution in [0.1, 0.15) is 21.5 Å². The number of nitrogen functional groups attached to an aromatic ring is 1. The molecule has 0 atom stereocenters. The van der Waals surface area contributed by atoms with Crippen molar-refractivity contribution in [2.24, 2.45) is 0 Å². The molecule has 21 heavy (non-hydrogen) atoms. The molecule has 4 nitrogen and oxygen atoms in total. The Morgan fingerprint density at radius 2 is 1.76 bits per heavy atom. The van der Waals surface area contributed by atoms with Gasteiger partial charge in [0.05, 0.1) is 18.4 Å². The molecule has 3 N–H and O–H groups in total. The molecule has 2 aromatic carbocycles. The van der Waals surface area contributed by atoms with Gasteiger partial charge in [-0.1, -0.05) is 6.07 Å².